The molecule has 0 spiro atoms. The van der Waals surface area contributed by atoms with Crippen LogP contribution in [-0.2, 0) is 13.1 Å². The van der Waals surface area contributed by atoms with Crippen molar-refractivity contribution in [2.75, 3.05) is 11.4 Å². The first-order valence-electron chi connectivity index (χ1n) is 8.28. The third-order valence-electron chi connectivity index (χ3n) is 4.55. The van der Waals surface area contributed by atoms with Gasteiger partial charge in [-0.2, -0.15) is 5.10 Å². The van der Waals surface area contributed by atoms with Crippen molar-refractivity contribution in [2.45, 2.75) is 33.0 Å². The molecule has 0 saturated heterocycles. The van der Waals surface area contributed by atoms with Crippen molar-refractivity contribution in [1.29, 1.82) is 0 Å². The third-order valence-corrected chi connectivity index (χ3v) is 4.55. The Morgan fingerprint density at radius 1 is 1.20 bits per heavy atom. The molecule has 0 radical (unpaired) electrons. The highest BCUT2D eigenvalue weighted by Gasteiger charge is 2.22. The van der Waals surface area contributed by atoms with E-state index in [-0.39, 0.29) is 11.6 Å². The number of benzene rings is 1. The van der Waals surface area contributed by atoms with Gasteiger partial charge in [0.1, 0.15) is 11.2 Å². The van der Waals surface area contributed by atoms with Gasteiger partial charge in [0.25, 0.3) is 5.56 Å². The zero-order valence-electron chi connectivity index (χ0n) is 14.2. The van der Waals surface area contributed by atoms with Gasteiger partial charge in [0.15, 0.2) is 11.3 Å². The lowest BCUT2D eigenvalue weighted by Gasteiger charge is -2.31. The van der Waals surface area contributed by atoms with Gasteiger partial charge in [0.2, 0.25) is 0 Å². The molecule has 1 aliphatic rings. The van der Waals surface area contributed by atoms with Crippen molar-refractivity contribution in [1.82, 2.24) is 19.3 Å². The molecule has 0 atom stereocenters. The smallest absolute Gasteiger partial charge is 0.264 e. The summed E-state index contributed by atoms with van der Waals surface area (Å²) in [5.74, 6) is 0.750. The van der Waals surface area contributed by atoms with Crippen LogP contribution in [0.5, 0.6) is 0 Å². The van der Waals surface area contributed by atoms with Gasteiger partial charge in [-0.3, -0.25) is 9.36 Å². The fraction of sp³-hybridized carbons (Fsp3) is 0.333. The van der Waals surface area contributed by atoms with E-state index >= 15 is 0 Å². The second-order valence-electron chi connectivity index (χ2n) is 6.45. The lowest BCUT2D eigenvalue weighted by Crippen LogP contribution is -2.40. The molecular formula is C18H18N6O. The summed E-state index contributed by atoms with van der Waals surface area (Å²) < 4.78 is 3.54. The maximum Gasteiger partial charge on any atom is 0.264 e. The average Bonchev–Trinajstić information content (AvgIpc) is 3.06. The standard InChI is InChI=1S/C18H18N6O/c1-12(2)24-17-15(10-20-24)18(25)23-9-8-22(11-16(23)21-17)14-6-4-13(19-3)5-7-14/h4-7,10,12H,8-9,11H2,1-2H3. The summed E-state index contributed by atoms with van der Waals surface area (Å²) in [7, 11) is 0. The van der Waals surface area contributed by atoms with Crippen molar-refractivity contribution in [3.8, 4) is 0 Å². The maximum atomic E-state index is 12.8. The topological polar surface area (TPSA) is 60.3 Å². The molecule has 4 rings (SSSR count). The molecule has 7 nitrogen and oxygen atoms in total. The number of fused-ring (bicyclic) bond motifs is 2. The van der Waals surface area contributed by atoms with Crippen LogP contribution in [0.25, 0.3) is 15.9 Å². The molecule has 0 bridgehead atoms. The van der Waals surface area contributed by atoms with Crippen molar-refractivity contribution >= 4 is 22.4 Å². The monoisotopic (exact) mass is 334 g/mol. The van der Waals surface area contributed by atoms with Crippen LogP contribution in [0.1, 0.15) is 25.7 Å². The molecule has 3 heterocycles. The van der Waals surface area contributed by atoms with Crippen molar-refractivity contribution in [3.63, 3.8) is 0 Å². The van der Waals surface area contributed by atoms with Crippen molar-refractivity contribution < 1.29 is 0 Å². The maximum absolute atomic E-state index is 12.8. The molecule has 3 aromatic rings. The number of nitrogens with zero attached hydrogens (tertiary/aromatic N) is 6. The van der Waals surface area contributed by atoms with Crippen LogP contribution < -0.4 is 10.5 Å². The molecule has 1 aromatic carbocycles. The molecule has 0 aliphatic carbocycles. The Bertz CT molecular complexity index is 1040. The summed E-state index contributed by atoms with van der Waals surface area (Å²) in [5.41, 5.74) is 2.29. The normalized spacial score (nSPS) is 13.9. The highest BCUT2D eigenvalue weighted by atomic mass is 16.1. The summed E-state index contributed by atoms with van der Waals surface area (Å²) in [5, 5.41) is 4.90. The van der Waals surface area contributed by atoms with Crippen LogP contribution in [0.2, 0.25) is 0 Å². The zero-order chi connectivity index (χ0) is 17.6. The largest absolute Gasteiger partial charge is 0.362 e. The minimum Gasteiger partial charge on any atom is -0.362 e. The predicted molar refractivity (Wildman–Crippen MR) is 95.9 cm³/mol. The van der Waals surface area contributed by atoms with Crippen molar-refractivity contribution in [3.05, 3.63) is 58.1 Å². The van der Waals surface area contributed by atoms with Gasteiger partial charge in [0.05, 0.1) is 19.3 Å². The molecule has 25 heavy (non-hydrogen) atoms. The lowest BCUT2D eigenvalue weighted by atomic mass is 10.2. The minimum absolute atomic E-state index is 0.0186. The Hall–Kier alpha value is -3.14. The molecule has 1 aliphatic heterocycles. The van der Waals surface area contributed by atoms with Crippen LogP contribution >= 0.6 is 0 Å². The van der Waals surface area contributed by atoms with Crippen LogP contribution in [-0.4, -0.2) is 25.9 Å². The Balaban J connectivity index is 1.76. The zero-order valence-corrected chi connectivity index (χ0v) is 14.2. The van der Waals surface area contributed by atoms with E-state index in [9.17, 15) is 4.79 Å². The van der Waals surface area contributed by atoms with Crippen LogP contribution in [0, 0.1) is 6.57 Å². The molecule has 2 aromatic heterocycles. The van der Waals surface area contributed by atoms with Gasteiger partial charge in [0, 0.05) is 24.8 Å². The van der Waals surface area contributed by atoms with E-state index in [1.165, 1.54) is 0 Å². The SMILES string of the molecule is [C-]#[N+]c1ccc(N2CCn3c(nc4c(cnn4C(C)C)c3=O)C2)cc1. The summed E-state index contributed by atoms with van der Waals surface area (Å²) in [4.78, 5) is 23.1. The predicted octanol–water partition coefficient (Wildman–Crippen LogP) is 2.74. The highest BCUT2D eigenvalue weighted by molar-refractivity contribution is 5.73. The molecule has 7 heteroatoms. The van der Waals surface area contributed by atoms with Crippen molar-refractivity contribution in [2.24, 2.45) is 0 Å². The quantitative estimate of drug-likeness (QED) is 0.676. The van der Waals surface area contributed by atoms with E-state index in [1.54, 1.807) is 15.4 Å². The Labute approximate surface area is 144 Å². The Kier molecular flexibility index (Phi) is 3.53. The van der Waals surface area contributed by atoms with E-state index < -0.39 is 0 Å². The number of rotatable bonds is 2. The molecule has 0 saturated carbocycles. The highest BCUT2D eigenvalue weighted by Crippen LogP contribution is 2.23. The summed E-state index contributed by atoms with van der Waals surface area (Å²) >= 11 is 0. The first kappa shape index (κ1) is 15.4. The van der Waals surface area contributed by atoms with E-state index in [4.69, 9.17) is 11.6 Å². The summed E-state index contributed by atoms with van der Waals surface area (Å²) in [6, 6.07) is 7.66. The molecule has 0 unspecified atom stereocenters. The molecular weight excluding hydrogens is 316 g/mol. The second kappa shape index (κ2) is 5.74. The summed E-state index contributed by atoms with van der Waals surface area (Å²) in [6.07, 6.45) is 1.62. The second-order valence-corrected chi connectivity index (χ2v) is 6.45. The lowest BCUT2D eigenvalue weighted by molar-refractivity contribution is 0.522. The Morgan fingerprint density at radius 2 is 1.96 bits per heavy atom. The van der Waals surface area contributed by atoms with Gasteiger partial charge in [-0.1, -0.05) is 12.1 Å². The van der Waals surface area contributed by atoms with Gasteiger partial charge in [-0.05, 0) is 26.0 Å². The average molecular weight is 334 g/mol. The molecule has 126 valence electrons. The number of aromatic nitrogens is 4. The van der Waals surface area contributed by atoms with E-state index in [2.05, 4.69) is 14.8 Å². The van der Waals surface area contributed by atoms with E-state index in [0.717, 1.165) is 18.1 Å². The molecule has 0 fully saturated rings. The van der Waals surface area contributed by atoms with Gasteiger partial charge < -0.3 is 4.90 Å². The third kappa shape index (κ3) is 2.47. The van der Waals surface area contributed by atoms with Gasteiger partial charge in [-0.15, -0.1) is 0 Å². The first-order valence-corrected chi connectivity index (χ1v) is 8.28. The van der Waals surface area contributed by atoms with Crippen LogP contribution in [0.4, 0.5) is 11.4 Å². The number of hydrogen-bond acceptors (Lipinski definition) is 4. The minimum atomic E-state index is -0.0186. The first-order chi connectivity index (χ1) is 12.1. The molecule has 0 amide bonds. The van der Waals surface area contributed by atoms with E-state index in [1.807, 2.05) is 38.1 Å². The van der Waals surface area contributed by atoms with Crippen LogP contribution in [0.3, 0.4) is 0 Å². The van der Waals surface area contributed by atoms with Crippen LogP contribution in [0.15, 0.2) is 35.3 Å². The fourth-order valence-corrected chi connectivity index (χ4v) is 3.22. The van der Waals surface area contributed by atoms with E-state index in [0.29, 0.717) is 29.8 Å². The summed E-state index contributed by atoms with van der Waals surface area (Å²) in [6.45, 7) is 13.0. The van der Waals surface area contributed by atoms with Gasteiger partial charge >= 0.3 is 0 Å². The fourth-order valence-electron chi connectivity index (χ4n) is 3.22. The Morgan fingerprint density at radius 3 is 2.64 bits per heavy atom. The molecule has 0 N–H and O–H groups in total. The number of hydrogen-bond donors (Lipinski definition) is 0. The number of anilines is 1. The van der Waals surface area contributed by atoms with Gasteiger partial charge in [-0.25, -0.2) is 14.5 Å².